The molecule has 1 aromatic heterocycles. The summed E-state index contributed by atoms with van der Waals surface area (Å²) in [6.07, 6.45) is 1.24. The number of ether oxygens (including phenoxy) is 2. The smallest absolute Gasteiger partial charge is 0.419 e. The van der Waals surface area contributed by atoms with Gasteiger partial charge < -0.3 is 14.8 Å². The van der Waals surface area contributed by atoms with Crippen molar-refractivity contribution in [2.24, 2.45) is 5.41 Å². The van der Waals surface area contributed by atoms with E-state index in [1.165, 1.54) is 10.8 Å². The lowest BCUT2D eigenvalue weighted by Gasteiger charge is -2.20. The number of hydrogen-bond donors (Lipinski definition) is 1. The first kappa shape index (κ1) is 30.3. The zero-order valence-electron chi connectivity index (χ0n) is 23.9. The second-order valence-electron chi connectivity index (χ2n) is 11.8. The number of rotatable bonds is 9. The number of nitrogens with one attached hydrogen (secondary N) is 1. The average Bonchev–Trinajstić information content (AvgIpc) is 3.21. The van der Waals surface area contributed by atoms with Crippen molar-refractivity contribution in [1.29, 1.82) is 0 Å². The summed E-state index contributed by atoms with van der Waals surface area (Å²) in [4.78, 5) is 49.3. The molecule has 0 fully saturated rings. The maximum atomic E-state index is 13.1. The molecule has 0 aliphatic heterocycles. The van der Waals surface area contributed by atoms with Crippen LogP contribution < -0.4 is 5.32 Å². The van der Waals surface area contributed by atoms with E-state index in [2.05, 4.69) is 5.32 Å². The molecule has 1 N–H and O–H groups in total. The molecule has 1 amide bonds. The Bertz CT molecular complexity index is 1380. The van der Waals surface area contributed by atoms with E-state index < -0.39 is 40.5 Å². The van der Waals surface area contributed by atoms with Gasteiger partial charge in [0.1, 0.15) is 5.60 Å². The fourth-order valence-electron chi connectivity index (χ4n) is 4.14. The van der Waals surface area contributed by atoms with Gasteiger partial charge in [0.25, 0.3) is 0 Å². The van der Waals surface area contributed by atoms with Gasteiger partial charge in [0.05, 0.1) is 29.9 Å². The average molecular weight is 552 g/mol. The molecule has 0 aliphatic carbocycles. The minimum absolute atomic E-state index is 0.0266. The van der Waals surface area contributed by atoms with Crippen LogP contribution in [-0.4, -0.2) is 46.2 Å². The third-order valence-electron chi connectivity index (χ3n) is 6.04. The van der Waals surface area contributed by atoms with Crippen LogP contribution in [0.5, 0.6) is 0 Å². The standard InChI is InChI=1S/C30H37N3O7/c1-29(2,3)27(35)39-15-14-21(18-33(37)38)24-19-32(28(36)40-30(4,5)6)25-13-12-22(17-23(24)25)31-26(34)16-20-10-8-7-9-11-20/h7-13,17,19,21H,14-16,18H2,1-6H3,(H,31,34). The summed E-state index contributed by atoms with van der Waals surface area (Å²) in [5.41, 5.74) is 0.858. The van der Waals surface area contributed by atoms with Crippen molar-refractivity contribution in [3.05, 3.63) is 76.0 Å². The van der Waals surface area contributed by atoms with E-state index in [0.29, 0.717) is 22.2 Å². The van der Waals surface area contributed by atoms with Gasteiger partial charge in [-0.3, -0.25) is 24.3 Å². The Morgan fingerprint density at radius 1 is 1.02 bits per heavy atom. The number of aromatic nitrogens is 1. The van der Waals surface area contributed by atoms with Crippen LogP contribution in [-0.2, 0) is 25.5 Å². The maximum absolute atomic E-state index is 13.1. The third kappa shape index (κ3) is 8.39. The second-order valence-corrected chi connectivity index (χ2v) is 11.8. The van der Waals surface area contributed by atoms with Gasteiger partial charge in [-0.25, -0.2) is 4.79 Å². The summed E-state index contributed by atoms with van der Waals surface area (Å²) in [6.45, 7) is 9.96. The molecule has 10 nitrogen and oxygen atoms in total. The van der Waals surface area contributed by atoms with Crippen molar-refractivity contribution in [3.63, 3.8) is 0 Å². The van der Waals surface area contributed by atoms with Gasteiger partial charge in [-0.05, 0) is 77.3 Å². The molecule has 40 heavy (non-hydrogen) atoms. The Kier molecular flexibility index (Phi) is 9.34. The predicted octanol–water partition coefficient (Wildman–Crippen LogP) is 5.95. The maximum Gasteiger partial charge on any atom is 0.419 e. The Morgan fingerprint density at radius 2 is 1.70 bits per heavy atom. The van der Waals surface area contributed by atoms with Crippen LogP contribution in [0.25, 0.3) is 10.9 Å². The first-order chi connectivity index (χ1) is 18.6. The normalized spacial score (nSPS) is 12.6. The molecule has 0 saturated heterocycles. The van der Waals surface area contributed by atoms with E-state index in [0.717, 1.165) is 5.56 Å². The Morgan fingerprint density at radius 3 is 2.30 bits per heavy atom. The molecule has 1 atom stereocenters. The number of anilines is 1. The van der Waals surface area contributed by atoms with Crippen molar-refractivity contribution >= 4 is 34.6 Å². The summed E-state index contributed by atoms with van der Waals surface area (Å²) >= 11 is 0. The quantitative estimate of drug-likeness (QED) is 0.198. The lowest BCUT2D eigenvalue weighted by Crippen LogP contribution is -2.26. The number of esters is 1. The summed E-state index contributed by atoms with van der Waals surface area (Å²) in [5, 5.41) is 15.1. The Labute approximate surface area is 233 Å². The van der Waals surface area contributed by atoms with E-state index in [1.807, 2.05) is 30.3 Å². The monoisotopic (exact) mass is 551 g/mol. The van der Waals surface area contributed by atoms with Gasteiger partial charge in [-0.1, -0.05) is 30.3 Å². The number of carbonyl (C=O) groups excluding carboxylic acids is 3. The van der Waals surface area contributed by atoms with Crippen LogP contribution in [0, 0.1) is 15.5 Å². The van der Waals surface area contributed by atoms with Gasteiger partial charge in [-0.15, -0.1) is 0 Å². The predicted molar refractivity (Wildman–Crippen MR) is 152 cm³/mol. The van der Waals surface area contributed by atoms with Gasteiger partial charge in [0.15, 0.2) is 0 Å². The minimum Gasteiger partial charge on any atom is -0.465 e. The van der Waals surface area contributed by atoms with Crippen LogP contribution in [0.2, 0.25) is 0 Å². The first-order valence-corrected chi connectivity index (χ1v) is 13.1. The highest BCUT2D eigenvalue weighted by Crippen LogP contribution is 2.33. The van der Waals surface area contributed by atoms with Crippen molar-refractivity contribution < 1.29 is 28.8 Å². The number of hydrogen-bond acceptors (Lipinski definition) is 7. The molecule has 2 aromatic carbocycles. The fraction of sp³-hybridized carbons (Fsp3) is 0.433. The van der Waals surface area contributed by atoms with Crippen molar-refractivity contribution in [2.75, 3.05) is 18.5 Å². The van der Waals surface area contributed by atoms with E-state index in [1.54, 1.807) is 59.7 Å². The molecule has 0 bridgehead atoms. The molecule has 0 saturated carbocycles. The summed E-state index contributed by atoms with van der Waals surface area (Å²) < 4.78 is 12.3. The molecular weight excluding hydrogens is 514 g/mol. The molecule has 0 aliphatic rings. The Hall–Kier alpha value is -4.21. The lowest BCUT2D eigenvalue weighted by molar-refractivity contribution is -0.483. The highest BCUT2D eigenvalue weighted by atomic mass is 16.6. The largest absolute Gasteiger partial charge is 0.465 e. The van der Waals surface area contributed by atoms with Crippen molar-refractivity contribution in [3.8, 4) is 0 Å². The third-order valence-corrected chi connectivity index (χ3v) is 6.04. The van der Waals surface area contributed by atoms with E-state index in [9.17, 15) is 24.5 Å². The molecule has 214 valence electrons. The zero-order valence-corrected chi connectivity index (χ0v) is 23.9. The SMILES string of the molecule is CC(C)(C)OC(=O)n1cc(C(CCOC(=O)C(C)(C)C)C[N+](=O)[O-])c2cc(NC(=O)Cc3ccccc3)ccc21. The van der Waals surface area contributed by atoms with Crippen LogP contribution in [0.15, 0.2) is 54.7 Å². The molecule has 1 unspecified atom stereocenters. The number of benzene rings is 2. The number of nitro groups is 1. The van der Waals surface area contributed by atoms with E-state index in [4.69, 9.17) is 9.47 Å². The summed E-state index contributed by atoms with van der Waals surface area (Å²) in [5.74, 6) is -1.31. The second kappa shape index (κ2) is 12.3. The highest BCUT2D eigenvalue weighted by molar-refractivity contribution is 5.98. The minimum atomic E-state index is -0.763. The topological polar surface area (TPSA) is 130 Å². The highest BCUT2D eigenvalue weighted by Gasteiger charge is 2.28. The first-order valence-electron chi connectivity index (χ1n) is 13.1. The molecule has 1 heterocycles. The summed E-state index contributed by atoms with van der Waals surface area (Å²) in [6, 6.07) is 14.3. The summed E-state index contributed by atoms with van der Waals surface area (Å²) in [7, 11) is 0. The molecular formula is C30H37N3O7. The van der Waals surface area contributed by atoms with Gasteiger partial charge in [0, 0.05) is 22.2 Å². The van der Waals surface area contributed by atoms with Crippen molar-refractivity contribution in [2.45, 2.75) is 65.9 Å². The zero-order chi connectivity index (χ0) is 29.7. The van der Waals surface area contributed by atoms with E-state index in [-0.39, 0.29) is 25.4 Å². The molecule has 3 rings (SSSR count). The number of carbonyl (C=O) groups is 3. The number of nitrogens with zero attached hydrogens (tertiary/aromatic N) is 2. The number of amides is 1. The lowest BCUT2D eigenvalue weighted by atomic mass is 9.95. The van der Waals surface area contributed by atoms with Crippen LogP contribution in [0.1, 0.15) is 65.0 Å². The molecule has 10 heteroatoms. The Balaban J connectivity index is 1.98. The number of fused-ring (bicyclic) bond motifs is 1. The fourth-order valence-corrected chi connectivity index (χ4v) is 4.14. The van der Waals surface area contributed by atoms with Gasteiger partial charge in [0.2, 0.25) is 12.5 Å². The molecule has 0 radical (unpaired) electrons. The van der Waals surface area contributed by atoms with Gasteiger partial charge in [-0.2, -0.15) is 0 Å². The molecule has 3 aromatic rings. The van der Waals surface area contributed by atoms with Crippen LogP contribution >= 0.6 is 0 Å². The van der Waals surface area contributed by atoms with Crippen LogP contribution in [0.4, 0.5) is 10.5 Å². The molecule has 0 spiro atoms. The van der Waals surface area contributed by atoms with Crippen molar-refractivity contribution in [1.82, 2.24) is 4.57 Å². The van der Waals surface area contributed by atoms with Gasteiger partial charge >= 0.3 is 12.1 Å². The van der Waals surface area contributed by atoms with Crippen LogP contribution in [0.3, 0.4) is 0 Å². The van der Waals surface area contributed by atoms with E-state index >= 15 is 0 Å².